The van der Waals surface area contributed by atoms with Gasteiger partial charge in [-0.3, -0.25) is 0 Å². The van der Waals surface area contributed by atoms with Crippen LogP contribution in [0.2, 0.25) is 0 Å². The van der Waals surface area contributed by atoms with Crippen LogP contribution in [0.3, 0.4) is 0 Å². The molecule has 0 aliphatic rings. The van der Waals surface area contributed by atoms with Crippen molar-refractivity contribution in [3.63, 3.8) is 0 Å². The van der Waals surface area contributed by atoms with Crippen LogP contribution in [-0.2, 0) is 4.79 Å². The van der Waals surface area contributed by atoms with Crippen LogP contribution in [-0.4, -0.2) is 33.9 Å². The normalized spacial score (nSPS) is 9.29. The molecule has 0 unspecified atom stereocenters. The molecule has 6 heteroatoms. The molecule has 92 valence electrons. The Labute approximate surface area is 114 Å². The van der Waals surface area contributed by atoms with Gasteiger partial charge in [0.2, 0.25) is 0 Å². The first-order valence-corrected chi connectivity index (χ1v) is 5.75. The number of carboxylic acids is 1. The van der Waals surface area contributed by atoms with Crippen LogP contribution in [0.15, 0.2) is 18.2 Å². The third kappa shape index (κ3) is 4.80. The van der Waals surface area contributed by atoms with E-state index in [1.165, 1.54) is 12.1 Å². The molecule has 0 spiro atoms. The predicted octanol–water partition coefficient (Wildman–Crippen LogP) is 1.31. The van der Waals surface area contributed by atoms with E-state index in [2.05, 4.69) is 16.9 Å². The number of aromatic carboxylic acids is 1. The zero-order chi connectivity index (χ0) is 12.1. The SMILES string of the molecule is CCCC(=O)Oc1ccc([As])cc1C(=O)O.Cl. The fourth-order valence-corrected chi connectivity index (χ4v) is 1.58. The molecule has 0 saturated heterocycles. The van der Waals surface area contributed by atoms with E-state index in [9.17, 15) is 9.59 Å². The van der Waals surface area contributed by atoms with E-state index in [4.69, 9.17) is 9.84 Å². The first kappa shape index (κ1) is 16.0. The third-order valence-corrected chi connectivity index (χ3v) is 2.46. The first-order chi connectivity index (χ1) is 7.54. The summed E-state index contributed by atoms with van der Waals surface area (Å²) in [6.07, 6.45) is 0.951. The summed E-state index contributed by atoms with van der Waals surface area (Å²) in [6.45, 7) is 1.85. The maximum Gasteiger partial charge on any atom is -0.147 e. The Morgan fingerprint density at radius 1 is 1.41 bits per heavy atom. The van der Waals surface area contributed by atoms with Crippen molar-refractivity contribution >= 4 is 45.5 Å². The molecule has 0 fully saturated rings. The second kappa shape index (κ2) is 7.36. The Hall–Kier alpha value is -0.992. The molecule has 0 aliphatic carbocycles. The zero-order valence-corrected chi connectivity index (χ0v) is 11.9. The largest absolute Gasteiger partial charge is 0.147 e. The maximum absolute atomic E-state index is 11.3. The number of hydrogen-bond acceptors (Lipinski definition) is 3. The Morgan fingerprint density at radius 2 is 2.06 bits per heavy atom. The van der Waals surface area contributed by atoms with Gasteiger partial charge >= 0.3 is 102 Å². The number of carbonyl (C=O) groups excluding carboxylic acids is 1. The molecule has 0 aliphatic heterocycles. The van der Waals surface area contributed by atoms with E-state index >= 15 is 0 Å². The molecule has 4 nitrogen and oxygen atoms in total. The average Bonchev–Trinajstić information content (AvgIpc) is 2.20. The van der Waals surface area contributed by atoms with Gasteiger partial charge in [0.1, 0.15) is 0 Å². The molecule has 0 aromatic heterocycles. The second-order valence-electron chi connectivity index (χ2n) is 3.21. The van der Waals surface area contributed by atoms with Gasteiger partial charge in [0, 0.05) is 0 Å². The van der Waals surface area contributed by atoms with E-state index in [0.717, 1.165) is 4.35 Å². The molecule has 1 N–H and O–H groups in total. The van der Waals surface area contributed by atoms with Crippen LogP contribution < -0.4 is 9.09 Å². The van der Waals surface area contributed by atoms with Crippen LogP contribution in [0.1, 0.15) is 30.1 Å². The zero-order valence-electron chi connectivity index (χ0n) is 9.17. The van der Waals surface area contributed by atoms with E-state index in [1.807, 2.05) is 6.92 Å². The molecule has 0 saturated carbocycles. The molecule has 1 aromatic rings. The van der Waals surface area contributed by atoms with Crippen molar-refractivity contribution in [2.75, 3.05) is 0 Å². The number of carboxylic acid groups (broad SMARTS) is 1. The van der Waals surface area contributed by atoms with Crippen molar-refractivity contribution in [3.8, 4) is 5.75 Å². The minimum absolute atomic E-state index is 0. The summed E-state index contributed by atoms with van der Waals surface area (Å²) >= 11 is 2.24. The van der Waals surface area contributed by atoms with Gasteiger partial charge in [-0.15, -0.1) is 12.4 Å². The molecule has 0 heterocycles. The van der Waals surface area contributed by atoms with Crippen LogP contribution in [0.5, 0.6) is 5.75 Å². The Bertz CT molecular complexity index is 420. The minimum Gasteiger partial charge on any atom is -0.147 e. The number of ether oxygens (including phenoxy) is 1. The van der Waals surface area contributed by atoms with E-state index in [0.29, 0.717) is 6.42 Å². The van der Waals surface area contributed by atoms with Gasteiger partial charge in [-0.25, -0.2) is 0 Å². The molecule has 0 amide bonds. The Kier molecular flexibility index (Phi) is 6.93. The fraction of sp³-hybridized carbons (Fsp3) is 0.273. The van der Waals surface area contributed by atoms with Crippen LogP contribution in [0, 0.1) is 0 Å². The van der Waals surface area contributed by atoms with Gasteiger partial charge in [0.15, 0.2) is 0 Å². The smallest absolute Gasteiger partial charge is 0.147 e. The van der Waals surface area contributed by atoms with Crippen molar-refractivity contribution in [2.45, 2.75) is 19.8 Å². The van der Waals surface area contributed by atoms with Crippen molar-refractivity contribution < 1.29 is 19.4 Å². The van der Waals surface area contributed by atoms with Crippen LogP contribution in [0.25, 0.3) is 0 Å². The summed E-state index contributed by atoms with van der Waals surface area (Å²) < 4.78 is 5.73. The molecule has 1 aromatic carbocycles. The van der Waals surface area contributed by atoms with E-state index in [1.54, 1.807) is 6.07 Å². The van der Waals surface area contributed by atoms with E-state index < -0.39 is 11.9 Å². The van der Waals surface area contributed by atoms with Crippen molar-refractivity contribution in [1.82, 2.24) is 0 Å². The van der Waals surface area contributed by atoms with Gasteiger partial charge in [-0.05, 0) is 0 Å². The Balaban J connectivity index is 0.00000256. The van der Waals surface area contributed by atoms with Crippen molar-refractivity contribution in [2.24, 2.45) is 0 Å². The molecule has 1 rings (SSSR count). The average molecular weight is 319 g/mol. The topological polar surface area (TPSA) is 63.6 Å². The molecule has 2 radical (unpaired) electrons. The predicted molar refractivity (Wildman–Crippen MR) is 66.6 cm³/mol. The number of esters is 1. The van der Waals surface area contributed by atoms with Gasteiger partial charge < -0.3 is 0 Å². The number of hydrogen-bond donors (Lipinski definition) is 1. The third-order valence-electron chi connectivity index (χ3n) is 1.87. The summed E-state index contributed by atoms with van der Waals surface area (Å²) in [5, 5.41) is 8.93. The second-order valence-corrected chi connectivity index (χ2v) is 4.29. The first-order valence-electron chi connectivity index (χ1n) is 4.81. The van der Waals surface area contributed by atoms with Crippen molar-refractivity contribution in [1.29, 1.82) is 0 Å². The van der Waals surface area contributed by atoms with Gasteiger partial charge in [-0.1, -0.05) is 0 Å². The van der Waals surface area contributed by atoms with Crippen LogP contribution >= 0.6 is 12.4 Å². The molecule has 17 heavy (non-hydrogen) atoms. The molecule has 0 atom stereocenters. The van der Waals surface area contributed by atoms with Gasteiger partial charge in [0.25, 0.3) is 0 Å². The van der Waals surface area contributed by atoms with Crippen LogP contribution in [0.4, 0.5) is 0 Å². The van der Waals surface area contributed by atoms with E-state index in [-0.39, 0.29) is 30.1 Å². The van der Waals surface area contributed by atoms with Gasteiger partial charge in [0.05, 0.1) is 0 Å². The summed E-state index contributed by atoms with van der Waals surface area (Å²) in [5.41, 5.74) is 0.00239. The number of benzene rings is 1. The van der Waals surface area contributed by atoms with Crippen molar-refractivity contribution in [3.05, 3.63) is 23.8 Å². The molecule has 0 bridgehead atoms. The molecular weight excluding hydrogens is 306 g/mol. The number of carbonyl (C=O) groups is 2. The minimum atomic E-state index is -1.10. The fourth-order valence-electron chi connectivity index (χ4n) is 1.15. The Morgan fingerprint density at radius 3 is 2.59 bits per heavy atom. The van der Waals surface area contributed by atoms with Gasteiger partial charge in [-0.2, -0.15) is 0 Å². The maximum atomic E-state index is 11.3. The summed E-state index contributed by atoms with van der Waals surface area (Å²) in [7, 11) is 0. The summed E-state index contributed by atoms with van der Waals surface area (Å²) in [4.78, 5) is 22.2. The summed E-state index contributed by atoms with van der Waals surface area (Å²) in [6, 6.07) is 4.63. The number of halogens is 1. The monoisotopic (exact) mass is 318 g/mol. The number of rotatable bonds is 4. The summed E-state index contributed by atoms with van der Waals surface area (Å²) in [5.74, 6) is -1.42. The molecular formula is C11H12AsClO4. The standard InChI is InChI=1S/C11H11AsO4.ClH/c1-2-3-10(13)16-9-5-4-7(12)6-8(9)11(14)15;/h4-6H,2-3H2,1H3,(H,14,15);1H. The quantitative estimate of drug-likeness (QED) is 0.516.